The van der Waals surface area contributed by atoms with Gasteiger partial charge in [-0.15, -0.1) is 34.3 Å². The number of thiocarbonyl (C=S) groups is 1. The number of ether oxygens (including phenoxy) is 6. The van der Waals surface area contributed by atoms with Gasteiger partial charge in [0.25, 0.3) is 5.79 Å². The third-order valence-corrected chi connectivity index (χ3v) is 20.8. The number of aliphatic hydroxyl groups is 1. The van der Waals surface area contributed by atoms with Gasteiger partial charge in [0.1, 0.15) is 42.7 Å². The zero-order valence-corrected chi connectivity index (χ0v) is 81.6. The second-order valence-corrected chi connectivity index (χ2v) is 36.2. The maximum Gasteiger partial charge on any atom is 1.00 e. The number of thiazole rings is 2. The van der Waals surface area contributed by atoms with E-state index in [0.717, 1.165) is 62.7 Å². The molecule has 0 aliphatic carbocycles. The molecule has 0 spiro atoms. The summed E-state index contributed by atoms with van der Waals surface area (Å²) in [6, 6.07) is 53.2. The number of carbonyl (C=O) groups excluding carboxylic acids is 8. The summed E-state index contributed by atoms with van der Waals surface area (Å²) < 4.78 is 47.6. The molecular weight excluding hydrogens is 1970 g/mol. The molecule has 2 aliphatic heterocycles. The second kappa shape index (κ2) is 61.5. The number of ketones is 2. The first kappa shape index (κ1) is 116. The molecule has 11 aromatic rings. The van der Waals surface area contributed by atoms with Crippen LogP contribution in [0.2, 0.25) is 30.1 Å². The second-order valence-electron chi connectivity index (χ2n) is 26.7. The van der Waals surface area contributed by atoms with Crippen LogP contribution in [0.15, 0.2) is 231 Å². The van der Waals surface area contributed by atoms with E-state index >= 15 is 0 Å². The number of cyclic esters (lactones) is 2. The summed E-state index contributed by atoms with van der Waals surface area (Å²) in [6.45, 7) is 10.9. The fraction of sp³-hybridized carbons (Fsp3) is 0.233. The van der Waals surface area contributed by atoms with Gasteiger partial charge >= 0.3 is 62.9 Å². The molecule has 5 aromatic heterocycles. The van der Waals surface area contributed by atoms with Gasteiger partial charge in [-0.2, -0.15) is 8.42 Å². The fourth-order valence-electron chi connectivity index (χ4n) is 10.4. The van der Waals surface area contributed by atoms with Gasteiger partial charge in [0, 0.05) is 171 Å². The van der Waals surface area contributed by atoms with Crippen LogP contribution in [0.5, 0.6) is 0 Å². The smallest absolute Gasteiger partial charge is 0.870 e. The van der Waals surface area contributed by atoms with Crippen molar-refractivity contribution in [3.63, 3.8) is 0 Å². The molecule has 6 aromatic carbocycles. The van der Waals surface area contributed by atoms with Gasteiger partial charge in [0.05, 0.1) is 31.2 Å². The van der Waals surface area contributed by atoms with Crippen LogP contribution in [0.1, 0.15) is 124 Å². The van der Waals surface area contributed by atoms with E-state index in [1.54, 1.807) is 179 Å². The minimum Gasteiger partial charge on any atom is -0.870 e. The number of rotatable bonds is 24. The largest absolute Gasteiger partial charge is 1.00 e. The van der Waals surface area contributed by atoms with Gasteiger partial charge in [-0.05, 0) is 188 Å². The van der Waals surface area contributed by atoms with Gasteiger partial charge in [-0.1, -0.05) is 155 Å². The number of hydrogen-bond acceptors (Lipinski definition) is 27. The van der Waals surface area contributed by atoms with E-state index < -0.39 is 60.6 Å². The Labute approximate surface area is 831 Å². The number of pyridine rings is 3. The summed E-state index contributed by atoms with van der Waals surface area (Å²) in [5.41, 5.74) is 14.0. The standard InChI is InChI=1S/C18H15ClN2O2S.C16H11ClN2O2S.C14H13ClO5.C12H12Cl2O3.C12H13ClO3.C8H6Cl2O.C6H6N2S.C4H8O.Cl2O2S.Li.H2O/c1-2-23-18(22)16-15(11-12-3-5-14(19)6-4-12)21-17(24-16)13-7-9-20-10-8-13;17-12-3-1-10(2-4-12)9-13-14(16(20)21)22-15(19-13)11-5-7-18-8-6-11;1-14(2)19-12(17)11(13(18)20-14)10(16)7-8-3-5-9(15)6-4-8;1-2-17-12(16)11(14)10(15)7-8-3-5-9(13)6-4-8;1-2-16-12(15)8-11(14)7-9-3-5-10(13)6-4-9;9-7-3-1-6(2-4-7)5-8(10)11;7-6(9)5-1-3-8-4-2-5;1-2-4-5-3-1;1-5(2,3)4;;/h3-10H,2,11H2,1H3;1-8H,9H2,(H,20,21);3-6,16H,7H2,1-2H3;3-6,11H,2,7H2,1H3;3-6H,2,7-8H2,1H3;1-4H,5H2;1-4H,(H2,7,9);1-4H2;;;1H2/q;;;;;;;;;+1;/p-1. The Kier molecular flexibility index (Phi) is 54.3. The van der Waals surface area contributed by atoms with Crippen molar-refractivity contribution in [2.24, 2.45) is 5.73 Å². The summed E-state index contributed by atoms with van der Waals surface area (Å²) in [7, 11) is 4.81. The number of nitrogens with two attached hydrogens (primary N) is 1. The molecule has 0 bridgehead atoms. The number of Topliss-reactive ketones (excluding diaryl/α,β-unsaturated/α-hetero) is 2. The van der Waals surface area contributed by atoms with Gasteiger partial charge < -0.3 is 49.8 Å². The predicted octanol–water partition coefficient (Wildman–Crippen LogP) is 18.0. The van der Waals surface area contributed by atoms with Crippen LogP contribution >= 0.6 is 149 Å². The molecule has 5 N–H and O–H groups in total. The molecule has 131 heavy (non-hydrogen) atoms. The predicted molar refractivity (Wildman–Crippen MR) is 510 cm³/mol. The Hall–Kier alpha value is -9.34. The third kappa shape index (κ3) is 46.7. The average molecular weight is 2060 g/mol. The first-order chi connectivity index (χ1) is 61.2. The van der Waals surface area contributed by atoms with E-state index in [9.17, 15) is 53.4 Å². The number of esters is 5. The van der Waals surface area contributed by atoms with Crippen molar-refractivity contribution in [3.8, 4) is 21.1 Å². The number of nitrogens with zero attached hydrogens (tertiary/aromatic N) is 5. The Morgan fingerprint density at radius 1 is 0.511 bits per heavy atom. The Morgan fingerprint density at radius 2 is 0.847 bits per heavy atom. The Bertz CT molecular complexity index is 5590. The van der Waals surface area contributed by atoms with E-state index in [1.807, 2.05) is 60.7 Å². The molecular formula is C90H85Cl10LiN6O20S4. The Morgan fingerprint density at radius 3 is 1.18 bits per heavy atom. The molecule has 2 saturated heterocycles. The van der Waals surface area contributed by atoms with Crippen molar-refractivity contribution in [1.82, 2.24) is 24.9 Å². The normalized spacial score (nSPS) is 11.9. The number of carboxylic acid groups (broad SMARTS) is 1. The van der Waals surface area contributed by atoms with Crippen LogP contribution < -0.4 is 24.6 Å². The zero-order chi connectivity index (χ0) is 95.2. The van der Waals surface area contributed by atoms with Gasteiger partial charge in [-0.3, -0.25) is 34.1 Å². The summed E-state index contributed by atoms with van der Waals surface area (Å²) in [5, 5.41) is 23.0. The topological polar surface area (TPSA) is 404 Å². The van der Waals surface area contributed by atoms with Crippen molar-refractivity contribution in [2.75, 3.05) is 33.0 Å². The molecule has 2 fully saturated rings. The average Bonchev–Trinajstić information content (AvgIpc) is 1.33. The maximum atomic E-state index is 12.3. The van der Waals surface area contributed by atoms with Crippen LogP contribution in [0, 0.1) is 0 Å². The number of carbonyl (C=O) groups is 9. The SMILES string of the molecule is C1CCOC1.CC1(C)OC(=O)C(=C(O)Cc2ccc(Cl)cc2)C(=O)O1.CCOC(=O)C(Cl)C(=O)Cc1ccc(Cl)cc1.CCOC(=O)CC(=O)Cc1ccc(Cl)cc1.CCOC(=O)c1sc(-c2ccncc2)nc1Cc1ccc(Cl)cc1.NC(=S)c1ccncc1.O=C(Cl)Cc1ccc(Cl)cc1.O=C(O)c1sc(-c2ccncc2)nc1Cc1ccc(Cl)cc1.O=S(=O)(Cl)Cl.[Li+].[OH-]. The number of carboxylic acids is 1. The van der Waals surface area contributed by atoms with Gasteiger partial charge in [0.15, 0.2) is 16.7 Å². The summed E-state index contributed by atoms with van der Waals surface area (Å²) in [6.07, 6.45) is 14.0. The van der Waals surface area contributed by atoms with Gasteiger partial charge in [-0.25, -0.2) is 33.9 Å². The molecule has 0 saturated carbocycles. The first-order valence-corrected chi connectivity index (χ1v) is 46.7. The number of aromatic nitrogens is 5. The molecule has 1 atom stereocenters. The van der Waals surface area contributed by atoms with E-state index in [0.29, 0.717) is 88.0 Å². The number of hydrogen-bond donors (Lipinski definition) is 3. The molecule has 0 radical (unpaired) electrons. The fourth-order valence-corrected chi connectivity index (χ4v) is 13.5. The van der Waals surface area contributed by atoms with E-state index in [4.69, 9.17) is 138 Å². The van der Waals surface area contributed by atoms with Crippen LogP contribution in [-0.4, -0.2) is 151 Å². The van der Waals surface area contributed by atoms with E-state index in [2.05, 4.69) is 55.8 Å². The first-order valence-electron chi connectivity index (χ1n) is 38.4. The van der Waals surface area contributed by atoms with Crippen LogP contribution in [-0.2, 0) is 109 Å². The molecule has 2 aliphatic rings. The molecule has 1 unspecified atom stereocenters. The molecule has 26 nitrogen and oxygen atoms in total. The van der Waals surface area contributed by atoms with Crippen LogP contribution in [0.25, 0.3) is 21.1 Å². The quantitative estimate of drug-likeness (QED) is 0.00483. The monoisotopic (exact) mass is 2050 g/mol. The van der Waals surface area contributed by atoms with Crippen molar-refractivity contribution in [3.05, 3.63) is 321 Å². The number of halogens is 10. The minimum atomic E-state index is -3.72. The summed E-state index contributed by atoms with van der Waals surface area (Å²) in [4.78, 5) is 125. The number of aromatic carboxylic acids is 1. The third-order valence-electron chi connectivity index (χ3n) is 16.2. The maximum absolute atomic E-state index is 12.3. The molecule has 690 valence electrons. The molecule has 41 heteroatoms. The van der Waals surface area contributed by atoms with Crippen LogP contribution in [0.4, 0.5) is 0 Å². The molecule has 13 rings (SSSR count). The van der Waals surface area contributed by atoms with Crippen molar-refractivity contribution in [2.45, 2.75) is 104 Å². The van der Waals surface area contributed by atoms with E-state index in [-0.39, 0.29) is 90.7 Å². The number of benzene rings is 6. The van der Waals surface area contributed by atoms with Crippen molar-refractivity contribution < 1.29 is 115 Å². The zero-order valence-electron chi connectivity index (χ0n) is 70.8. The van der Waals surface area contributed by atoms with E-state index in [1.165, 1.54) is 49.4 Å². The van der Waals surface area contributed by atoms with Gasteiger partial charge in [0.2, 0.25) is 5.24 Å². The molecule has 0 amide bonds. The number of allylic oxidation sites excluding steroid dienone is 1. The number of aliphatic hydroxyl groups excluding tert-OH is 1. The van der Waals surface area contributed by atoms with Crippen molar-refractivity contribution in [1.29, 1.82) is 0 Å². The van der Waals surface area contributed by atoms with Crippen LogP contribution in [0.3, 0.4) is 0 Å². The molecule has 7 heterocycles. The van der Waals surface area contributed by atoms with Crippen molar-refractivity contribution >= 4 is 215 Å². The Balaban J connectivity index is 0.000000392. The summed E-state index contributed by atoms with van der Waals surface area (Å²) >= 11 is 52.7. The number of alkyl halides is 1. The summed E-state index contributed by atoms with van der Waals surface area (Å²) in [5.74, 6) is -6.49. The minimum absolute atomic E-state index is 0.